The minimum absolute atomic E-state index is 0.0133. The fourth-order valence-electron chi connectivity index (χ4n) is 7.51. The zero-order valence-electron chi connectivity index (χ0n) is 17.6. The second kappa shape index (κ2) is 7.19. The maximum atomic E-state index is 12.8. The van der Waals surface area contributed by atoms with Crippen LogP contribution in [0.3, 0.4) is 0 Å². The van der Waals surface area contributed by atoms with E-state index in [1.807, 2.05) is 0 Å². The van der Waals surface area contributed by atoms with Gasteiger partial charge >= 0.3 is 5.97 Å². The third kappa shape index (κ3) is 3.04. The number of allylic oxidation sites excluding steroid dienone is 4. The van der Waals surface area contributed by atoms with Gasteiger partial charge in [-0.05, 0) is 67.9 Å². The second-order valence-corrected chi connectivity index (χ2v) is 9.79. The van der Waals surface area contributed by atoms with Gasteiger partial charge in [-0.2, -0.15) is 0 Å². The number of hydrogen-bond donors (Lipinski definition) is 1. The first-order chi connectivity index (χ1) is 13.7. The van der Waals surface area contributed by atoms with E-state index in [1.165, 1.54) is 12.5 Å². The molecule has 158 valence electrons. The minimum atomic E-state index is -0.509. The molecule has 0 saturated heterocycles. The first-order valence-electron chi connectivity index (χ1n) is 11.0. The highest BCUT2D eigenvalue weighted by Crippen LogP contribution is 2.66. The fraction of sp³-hybridized carbons (Fsp3) is 0.708. The van der Waals surface area contributed by atoms with Crippen LogP contribution < -0.4 is 0 Å². The van der Waals surface area contributed by atoms with Crippen molar-refractivity contribution in [3.8, 4) is 0 Å². The summed E-state index contributed by atoms with van der Waals surface area (Å²) in [5.41, 5.74) is 0.677. The number of carbonyl (C=O) groups excluding carboxylic acids is 3. The van der Waals surface area contributed by atoms with Crippen molar-refractivity contribution in [3.05, 3.63) is 23.8 Å². The maximum Gasteiger partial charge on any atom is 0.303 e. The lowest BCUT2D eigenvalue weighted by atomic mass is 9.46. The van der Waals surface area contributed by atoms with Crippen LogP contribution >= 0.6 is 0 Å². The number of aliphatic hydroxyl groups excluding tert-OH is 1. The molecule has 5 heteroatoms. The predicted octanol–water partition coefficient (Wildman–Crippen LogP) is 3.40. The maximum absolute atomic E-state index is 12.8. The zero-order valence-corrected chi connectivity index (χ0v) is 17.6. The SMILES string of the molecule is CCC12C=CC(=O)C=C1CCC1C2C(O)CC2(C)C(C(=O)COC(C)=O)CCC12. The Hall–Kier alpha value is -1.75. The highest BCUT2D eigenvalue weighted by Gasteiger charge is 2.63. The molecule has 0 amide bonds. The number of aliphatic hydroxyl groups is 1. The molecule has 0 aromatic carbocycles. The Labute approximate surface area is 172 Å². The fourth-order valence-corrected chi connectivity index (χ4v) is 7.51. The van der Waals surface area contributed by atoms with E-state index in [0.717, 1.165) is 32.1 Å². The van der Waals surface area contributed by atoms with E-state index in [4.69, 9.17) is 4.74 Å². The Bertz CT molecular complexity index is 795. The zero-order chi connectivity index (χ0) is 21.0. The number of Topliss-reactive ketones (excluding diaryl/α,β-unsaturated/α-hetero) is 1. The number of fused-ring (bicyclic) bond motifs is 5. The number of rotatable bonds is 4. The van der Waals surface area contributed by atoms with Crippen LogP contribution in [0.1, 0.15) is 59.3 Å². The number of ether oxygens (including phenoxy) is 1. The molecule has 0 bridgehead atoms. The van der Waals surface area contributed by atoms with Crippen LogP contribution in [0.5, 0.6) is 0 Å². The largest absolute Gasteiger partial charge is 0.458 e. The summed E-state index contributed by atoms with van der Waals surface area (Å²) in [4.78, 5) is 36.0. The number of hydrogen-bond acceptors (Lipinski definition) is 5. The molecule has 29 heavy (non-hydrogen) atoms. The van der Waals surface area contributed by atoms with Crippen LogP contribution in [-0.2, 0) is 19.1 Å². The summed E-state index contributed by atoms with van der Waals surface area (Å²) in [6, 6.07) is 0. The third-order valence-corrected chi connectivity index (χ3v) is 8.64. The van der Waals surface area contributed by atoms with E-state index in [2.05, 4.69) is 19.9 Å². The number of ketones is 2. The van der Waals surface area contributed by atoms with Crippen LogP contribution in [0.4, 0.5) is 0 Å². The molecule has 0 spiro atoms. The quantitative estimate of drug-likeness (QED) is 0.732. The summed E-state index contributed by atoms with van der Waals surface area (Å²) in [6.07, 6.45) is 10.1. The highest BCUT2D eigenvalue weighted by atomic mass is 16.5. The van der Waals surface area contributed by atoms with Gasteiger partial charge in [-0.15, -0.1) is 0 Å². The van der Waals surface area contributed by atoms with E-state index >= 15 is 0 Å². The molecule has 4 aliphatic carbocycles. The lowest BCUT2D eigenvalue weighted by Crippen LogP contribution is -2.57. The van der Waals surface area contributed by atoms with Gasteiger partial charge in [0.25, 0.3) is 0 Å². The average molecular weight is 401 g/mol. The van der Waals surface area contributed by atoms with Gasteiger partial charge in [-0.25, -0.2) is 0 Å². The van der Waals surface area contributed by atoms with E-state index in [-0.39, 0.29) is 40.8 Å². The van der Waals surface area contributed by atoms with Gasteiger partial charge in [0.05, 0.1) is 6.10 Å². The average Bonchev–Trinajstić information content (AvgIpc) is 3.02. The molecule has 3 saturated carbocycles. The standard InChI is InChI=1S/C24H32O5/c1-4-24-10-9-16(26)11-15(24)5-6-17-18-7-8-19(21(28)13-29-14(2)25)23(18,3)12-20(27)22(17)24/h9-11,17-20,22,27H,4-8,12-13H2,1-3H3. The molecule has 0 radical (unpaired) electrons. The Morgan fingerprint density at radius 3 is 2.72 bits per heavy atom. The Morgan fingerprint density at radius 1 is 1.28 bits per heavy atom. The van der Waals surface area contributed by atoms with E-state index in [1.54, 1.807) is 12.2 Å². The molecule has 4 aliphatic rings. The van der Waals surface area contributed by atoms with Gasteiger partial charge in [0, 0.05) is 24.2 Å². The molecule has 7 atom stereocenters. The van der Waals surface area contributed by atoms with Crippen molar-refractivity contribution < 1.29 is 24.2 Å². The summed E-state index contributed by atoms with van der Waals surface area (Å²) in [5.74, 6) is 0.244. The Morgan fingerprint density at radius 2 is 2.03 bits per heavy atom. The second-order valence-electron chi connectivity index (χ2n) is 9.79. The first-order valence-corrected chi connectivity index (χ1v) is 11.0. The lowest BCUT2D eigenvalue weighted by Gasteiger charge is -2.59. The first kappa shape index (κ1) is 20.5. The summed E-state index contributed by atoms with van der Waals surface area (Å²) in [7, 11) is 0. The molecule has 1 N–H and O–H groups in total. The van der Waals surface area contributed by atoms with Crippen molar-refractivity contribution in [2.24, 2.45) is 34.5 Å². The number of esters is 1. The van der Waals surface area contributed by atoms with Crippen molar-refractivity contribution in [2.45, 2.75) is 65.4 Å². The lowest BCUT2D eigenvalue weighted by molar-refractivity contribution is -0.152. The summed E-state index contributed by atoms with van der Waals surface area (Å²) in [6.45, 7) is 5.46. The Balaban J connectivity index is 1.64. The topological polar surface area (TPSA) is 80.7 Å². The van der Waals surface area contributed by atoms with Crippen molar-refractivity contribution >= 4 is 17.5 Å². The predicted molar refractivity (Wildman–Crippen MR) is 108 cm³/mol. The molecular formula is C24H32O5. The van der Waals surface area contributed by atoms with E-state index < -0.39 is 12.1 Å². The van der Waals surface area contributed by atoms with Gasteiger partial charge in [-0.3, -0.25) is 14.4 Å². The molecule has 4 rings (SSSR count). The van der Waals surface area contributed by atoms with Gasteiger partial charge in [0.2, 0.25) is 0 Å². The van der Waals surface area contributed by atoms with Crippen molar-refractivity contribution in [1.82, 2.24) is 0 Å². The van der Waals surface area contributed by atoms with Gasteiger partial charge < -0.3 is 9.84 Å². The van der Waals surface area contributed by atoms with Crippen LogP contribution in [0.25, 0.3) is 0 Å². The monoisotopic (exact) mass is 400 g/mol. The van der Waals surface area contributed by atoms with Crippen molar-refractivity contribution in [1.29, 1.82) is 0 Å². The highest BCUT2D eigenvalue weighted by molar-refractivity contribution is 6.01. The third-order valence-electron chi connectivity index (χ3n) is 8.64. The molecular weight excluding hydrogens is 368 g/mol. The molecule has 0 aliphatic heterocycles. The van der Waals surface area contributed by atoms with E-state index in [0.29, 0.717) is 18.3 Å². The van der Waals surface area contributed by atoms with Crippen LogP contribution in [0, 0.1) is 34.5 Å². The van der Waals surface area contributed by atoms with Crippen LogP contribution in [0.15, 0.2) is 23.8 Å². The normalized spacial score (nSPS) is 43.1. The summed E-state index contributed by atoms with van der Waals surface area (Å²) >= 11 is 0. The minimum Gasteiger partial charge on any atom is -0.458 e. The van der Waals surface area contributed by atoms with Crippen molar-refractivity contribution in [3.63, 3.8) is 0 Å². The molecule has 0 heterocycles. The van der Waals surface area contributed by atoms with Gasteiger partial charge in [-0.1, -0.05) is 25.5 Å². The Kier molecular flexibility index (Phi) is 5.09. The molecule has 0 aromatic rings. The number of carbonyl (C=O) groups is 3. The van der Waals surface area contributed by atoms with E-state index in [9.17, 15) is 19.5 Å². The molecule has 3 fully saturated rings. The molecule has 7 unspecified atom stereocenters. The van der Waals surface area contributed by atoms with Crippen LogP contribution in [-0.4, -0.2) is 35.4 Å². The van der Waals surface area contributed by atoms with Crippen molar-refractivity contribution in [2.75, 3.05) is 6.61 Å². The van der Waals surface area contributed by atoms with Gasteiger partial charge in [0.15, 0.2) is 11.6 Å². The smallest absolute Gasteiger partial charge is 0.303 e. The van der Waals surface area contributed by atoms with Crippen LogP contribution in [0.2, 0.25) is 0 Å². The summed E-state index contributed by atoms with van der Waals surface area (Å²) < 4.78 is 4.99. The molecule has 5 nitrogen and oxygen atoms in total. The van der Waals surface area contributed by atoms with Gasteiger partial charge in [0.1, 0.15) is 6.61 Å². The summed E-state index contributed by atoms with van der Waals surface area (Å²) in [5, 5.41) is 11.4. The molecule has 0 aromatic heterocycles.